The molecule has 0 aromatic carbocycles. The summed E-state index contributed by atoms with van der Waals surface area (Å²) in [5.74, 6) is -1.50. The minimum Gasteiger partial charge on any atom is -0.481 e. The minimum atomic E-state index is -0.816. The maximum absolute atomic E-state index is 11.3. The van der Waals surface area contributed by atoms with E-state index in [0.29, 0.717) is 19.3 Å². The van der Waals surface area contributed by atoms with Crippen LogP contribution in [0.4, 0.5) is 4.79 Å². The average Bonchev–Trinajstić information content (AvgIpc) is 2.71. The van der Waals surface area contributed by atoms with Crippen LogP contribution in [-0.2, 0) is 9.59 Å². The van der Waals surface area contributed by atoms with Gasteiger partial charge in [-0.25, -0.2) is 4.79 Å². The first-order valence-corrected chi connectivity index (χ1v) is 4.91. The van der Waals surface area contributed by atoms with Gasteiger partial charge in [-0.05, 0) is 19.3 Å². The molecule has 0 aromatic heterocycles. The van der Waals surface area contributed by atoms with Crippen LogP contribution < -0.4 is 5.32 Å². The van der Waals surface area contributed by atoms with Crippen molar-refractivity contribution >= 4 is 17.9 Å². The molecule has 0 aromatic rings. The Kier molecular flexibility index (Phi) is 2.34. The summed E-state index contributed by atoms with van der Waals surface area (Å²) in [6.45, 7) is 0.0653. The fraction of sp³-hybridized carbons (Fsp3) is 0.667. The average molecular weight is 212 g/mol. The maximum Gasteiger partial charge on any atom is 0.324 e. The molecular formula is C9H12N2O4. The van der Waals surface area contributed by atoms with E-state index in [2.05, 4.69) is 5.32 Å². The Morgan fingerprint density at radius 3 is 2.60 bits per heavy atom. The zero-order valence-electron chi connectivity index (χ0n) is 8.10. The van der Waals surface area contributed by atoms with Crippen molar-refractivity contribution in [3.63, 3.8) is 0 Å². The summed E-state index contributed by atoms with van der Waals surface area (Å²) in [6, 6.07) is -0.492. The van der Waals surface area contributed by atoms with Gasteiger partial charge < -0.3 is 10.0 Å². The first-order valence-electron chi connectivity index (χ1n) is 4.91. The lowest BCUT2D eigenvalue weighted by Crippen LogP contribution is -2.36. The van der Waals surface area contributed by atoms with E-state index in [1.807, 2.05) is 0 Å². The van der Waals surface area contributed by atoms with Gasteiger partial charge in [0, 0.05) is 6.04 Å². The first-order chi connectivity index (χ1) is 7.08. The molecule has 2 N–H and O–H groups in total. The van der Waals surface area contributed by atoms with Crippen molar-refractivity contribution in [2.75, 3.05) is 6.54 Å². The molecule has 6 heteroatoms. The molecule has 0 bridgehead atoms. The van der Waals surface area contributed by atoms with Crippen molar-refractivity contribution in [2.24, 2.45) is 5.92 Å². The molecule has 2 aliphatic rings. The largest absolute Gasteiger partial charge is 0.481 e. The number of imide groups is 1. The Morgan fingerprint density at radius 2 is 2.13 bits per heavy atom. The van der Waals surface area contributed by atoms with Crippen LogP contribution in [-0.4, -0.2) is 40.5 Å². The lowest BCUT2D eigenvalue weighted by molar-refractivity contribution is -0.141. The highest BCUT2D eigenvalue weighted by Crippen LogP contribution is 2.30. The fourth-order valence-electron chi connectivity index (χ4n) is 2.22. The molecule has 82 valence electrons. The molecule has 6 nitrogen and oxygen atoms in total. The van der Waals surface area contributed by atoms with Crippen LogP contribution in [0, 0.1) is 5.92 Å². The van der Waals surface area contributed by atoms with Crippen LogP contribution in [0.5, 0.6) is 0 Å². The maximum atomic E-state index is 11.3. The zero-order valence-corrected chi connectivity index (χ0v) is 8.10. The number of hydrogen-bond acceptors (Lipinski definition) is 3. The van der Waals surface area contributed by atoms with E-state index in [4.69, 9.17) is 5.11 Å². The number of carbonyl (C=O) groups excluding carboxylic acids is 2. The van der Waals surface area contributed by atoms with E-state index < -0.39 is 12.0 Å². The number of urea groups is 1. The SMILES string of the molecule is O=C1CN(C2CCC(C(=O)O)C2)C(=O)N1. The molecule has 1 aliphatic carbocycles. The summed E-state index contributed by atoms with van der Waals surface area (Å²) in [5, 5.41) is 11.0. The molecule has 0 radical (unpaired) electrons. The molecule has 1 heterocycles. The third-order valence-corrected chi connectivity index (χ3v) is 3.02. The number of carboxylic acid groups (broad SMARTS) is 1. The van der Waals surface area contributed by atoms with E-state index in [1.165, 1.54) is 4.90 Å². The molecule has 1 saturated carbocycles. The monoisotopic (exact) mass is 212 g/mol. The van der Waals surface area contributed by atoms with Gasteiger partial charge in [0.25, 0.3) is 0 Å². The van der Waals surface area contributed by atoms with E-state index in [0.717, 1.165) is 0 Å². The third-order valence-electron chi connectivity index (χ3n) is 3.02. The number of hydrogen-bond donors (Lipinski definition) is 2. The van der Waals surface area contributed by atoms with Crippen LogP contribution in [0.2, 0.25) is 0 Å². The van der Waals surface area contributed by atoms with Gasteiger partial charge in [-0.3, -0.25) is 14.9 Å². The molecule has 1 aliphatic heterocycles. The minimum absolute atomic E-state index is 0.0653. The second kappa shape index (κ2) is 3.52. The van der Waals surface area contributed by atoms with Gasteiger partial charge in [-0.2, -0.15) is 0 Å². The second-order valence-corrected chi connectivity index (χ2v) is 3.98. The summed E-state index contributed by atoms with van der Waals surface area (Å²) < 4.78 is 0. The van der Waals surface area contributed by atoms with Gasteiger partial charge in [-0.15, -0.1) is 0 Å². The second-order valence-electron chi connectivity index (χ2n) is 3.98. The summed E-state index contributed by atoms with van der Waals surface area (Å²) in [6.07, 6.45) is 1.70. The number of carboxylic acids is 1. The molecule has 2 unspecified atom stereocenters. The molecule has 0 spiro atoms. The summed E-state index contributed by atoms with van der Waals surface area (Å²) in [4.78, 5) is 34.4. The van der Waals surface area contributed by atoms with E-state index in [1.54, 1.807) is 0 Å². The van der Waals surface area contributed by atoms with Crippen molar-refractivity contribution in [1.82, 2.24) is 10.2 Å². The zero-order chi connectivity index (χ0) is 11.0. The van der Waals surface area contributed by atoms with E-state index in [9.17, 15) is 14.4 Å². The van der Waals surface area contributed by atoms with Crippen molar-refractivity contribution < 1.29 is 19.5 Å². The van der Waals surface area contributed by atoms with Crippen molar-refractivity contribution in [3.05, 3.63) is 0 Å². The third kappa shape index (κ3) is 1.79. The van der Waals surface area contributed by atoms with Crippen LogP contribution in [0.25, 0.3) is 0 Å². The molecule has 1 saturated heterocycles. The normalized spacial score (nSPS) is 30.8. The summed E-state index contributed by atoms with van der Waals surface area (Å²) in [5.41, 5.74) is 0. The van der Waals surface area contributed by atoms with Crippen molar-refractivity contribution in [1.29, 1.82) is 0 Å². The van der Waals surface area contributed by atoms with Gasteiger partial charge >= 0.3 is 12.0 Å². The van der Waals surface area contributed by atoms with Crippen molar-refractivity contribution in [3.8, 4) is 0 Å². The Hall–Kier alpha value is -1.59. The van der Waals surface area contributed by atoms with Gasteiger partial charge in [0.2, 0.25) is 5.91 Å². The molecule has 3 amide bonds. The lowest BCUT2D eigenvalue weighted by Gasteiger charge is -2.21. The predicted octanol–water partition coefficient (Wildman–Crippen LogP) is -0.208. The van der Waals surface area contributed by atoms with E-state index in [-0.39, 0.29) is 24.4 Å². The van der Waals surface area contributed by atoms with Crippen LogP contribution in [0.3, 0.4) is 0 Å². The molecule has 2 fully saturated rings. The first kappa shape index (κ1) is 9.95. The number of nitrogens with one attached hydrogen (secondary N) is 1. The fourth-order valence-corrected chi connectivity index (χ4v) is 2.22. The standard InChI is InChI=1S/C9H12N2O4/c12-7-4-11(9(15)10-7)6-2-1-5(3-6)8(13)14/h5-6H,1-4H2,(H,13,14)(H,10,12,15). The lowest BCUT2D eigenvalue weighted by atomic mass is 10.1. The molecule has 15 heavy (non-hydrogen) atoms. The van der Waals surface area contributed by atoms with Crippen LogP contribution >= 0.6 is 0 Å². The molecule has 2 atom stereocenters. The highest BCUT2D eigenvalue weighted by atomic mass is 16.4. The van der Waals surface area contributed by atoms with Gasteiger partial charge in [0.1, 0.15) is 6.54 Å². The van der Waals surface area contributed by atoms with E-state index >= 15 is 0 Å². The molecular weight excluding hydrogens is 200 g/mol. The van der Waals surface area contributed by atoms with Crippen molar-refractivity contribution in [2.45, 2.75) is 25.3 Å². The summed E-state index contributed by atoms with van der Waals surface area (Å²) >= 11 is 0. The van der Waals surface area contributed by atoms with Crippen LogP contribution in [0.15, 0.2) is 0 Å². The van der Waals surface area contributed by atoms with Gasteiger partial charge in [0.15, 0.2) is 0 Å². The van der Waals surface area contributed by atoms with Crippen LogP contribution in [0.1, 0.15) is 19.3 Å². The molecule has 2 rings (SSSR count). The van der Waals surface area contributed by atoms with Gasteiger partial charge in [-0.1, -0.05) is 0 Å². The Balaban J connectivity index is 1.99. The number of rotatable bonds is 2. The number of aliphatic carboxylic acids is 1. The highest BCUT2D eigenvalue weighted by molar-refractivity contribution is 6.02. The Labute approximate surface area is 86.2 Å². The highest BCUT2D eigenvalue weighted by Gasteiger charge is 2.39. The Bertz CT molecular complexity index is 328. The number of amides is 3. The topological polar surface area (TPSA) is 86.7 Å². The number of nitrogens with zero attached hydrogens (tertiary/aromatic N) is 1. The van der Waals surface area contributed by atoms with Gasteiger partial charge in [0.05, 0.1) is 5.92 Å². The summed E-state index contributed by atoms with van der Waals surface area (Å²) in [7, 11) is 0. The smallest absolute Gasteiger partial charge is 0.324 e. The predicted molar refractivity (Wildman–Crippen MR) is 49.0 cm³/mol. The number of carbonyl (C=O) groups is 3. The quantitative estimate of drug-likeness (QED) is 0.620. The Morgan fingerprint density at radius 1 is 1.40 bits per heavy atom.